The summed E-state index contributed by atoms with van der Waals surface area (Å²) in [5.74, 6) is 0. The maximum Gasteiger partial charge on any atom is 0.176 e. The van der Waals surface area contributed by atoms with Crippen LogP contribution in [0.25, 0.3) is 0 Å². The molecule has 0 aromatic heterocycles. The number of hydrogen-bond donors (Lipinski definition) is 0. The average molecular weight is 330 g/mol. The van der Waals surface area contributed by atoms with Gasteiger partial charge >= 0.3 is 0 Å². The van der Waals surface area contributed by atoms with Crippen LogP contribution in [0.4, 0.5) is 4.39 Å². The number of halogens is 4. The number of rotatable bonds is 1. The Balaban J connectivity index is 2.99. The predicted molar refractivity (Wildman–Crippen MR) is 40.6 cm³/mol. The van der Waals surface area contributed by atoms with Gasteiger partial charge in [-0.1, -0.05) is 38.5 Å². The van der Waals surface area contributed by atoms with Crippen LogP contribution in [0.15, 0.2) is 0 Å². The fourth-order valence-electron chi connectivity index (χ4n) is 0. The highest BCUT2D eigenvalue weighted by atomic mass is 127. The molecule has 0 N–H and O–H groups in total. The third kappa shape index (κ3) is 3.80. The minimum Gasteiger partial charge on any atom is -0.233 e. The molecule has 6 heavy (non-hydrogen) atoms. The SMILES string of the molecule is F[C@@H]([79Br])[C@@H]([79Br])I. The van der Waals surface area contributed by atoms with E-state index in [2.05, 4.69) is 31.9 Å². The minimum atomic E-state index is -0.932. The fourth-order valence-corrected chi connectivity index (χ4v) is 0. The van der Waals surface area contributed by atoms with Gasteiger partial charge in [0.1, 0.15) is 2.83 Å². The van der Waals surface area contributed by atoms with Crippen LogP contribution in [0.5, 0.6) is 0 Å². The first-order valence-corrected chi connectivity index (χ1v) is 4.28. The summed E-state index contributed by atoms with van der Waals surface area (Å²) in [5.41, 5.74) is 0. The van der Waals surface area contributed by atoms with Gasteiger partial charge in [0.05, 0.1) is 0 Å². The molecular formula is C2H2Br2FI. The van der Waals surface area contributed by atoms with Crippen molar-refractivity contribution in [1.29, 1.82) is 0 Å². The monoisotopic (exact) mass is 330 g/mol. The molecule has 0 rings (SSSR count). The van der Waals surface area contributed by atoms with Crippen LogP contribution in [-0.2, 0) is 0 Å². The highest BCUT2D eigenvalue weighted by molar-refractivity contribution is 14.1. The Morgan fingerprint density at radius 3 is 1.67 bits per heavy atom. The van der Waals surface area contributed by atoms with Crippen molar-refractivity contribution in [2.24, 2.45) is 0 Å². The number of hydrogen-bond acceptors (Lipinski definition) is 0. The second-order valence-electron chi connectivity index (χ2n) is 0.669. The molecule has 0 aliphatic heterocycles. The standard InChI is InChI=1S/C2H2Br2FI/c3-1(5)2(4)6/h1-2H/t1-,2+/m1/s1/i3-1,4-1. The van der Waals surface area contributed by atoms with Crippen molar-refractivity contribution in [3.8, 4) is 0 Å². The molecule has 0 saturated carbocycles. The molecule has 0 aliphatic carbocycles. The van der Waals surface area contributed by atoms with Gasteiger partial charge in [-0.15, -0.1) is 0 Å². The summed E-state index contributed by atoms with van der Waals surface area (Å²) in [4.78, 5) is 0. The Kier molecular flexibility index (Phi) is 4.57. The topological polar surface area (TPSA) is 0 Å². The zero-order chi connectivity index (χ0) is 5.15. The molecule has 0 saturated heterocycles. The van der Waals surface area contributed by atoms with Crippen molar-refractivity contribution in [3.63, 3.8) is 0 Å². The van der Waals surface area contributed by atoms with Gasteiger partial charge in [0.2, 0.25) is 0 Å². The van der Waals surface area contributed by atoms with E-state index in [9.17, 15) is 4.39 Å². The van der Waals surface area contributed by atoms with E-state index in [-0.39, 0.29) is 2.83 Å². The minimum absolute atomic E-state index is 0.116. The summed E-state index contributed by atoms with van der Waals surface area (Å²) in [6.45, 7) is 0. The molecule has 4 heteroatoms. The first-order valence-electron chi connectivity index (χ1n) is 1.21. The van der Waals surface area contributed by atoms with Crippen molar-refractivity contribution in [2.45, 2.75) is 7.91 Å². The molecule has 0 aliphatic rings. The molecule has 0 bridgehead atoms. The zero-order valence-corrected chi connectivity index (χ0v) is 8.00. The van der Waals surface area contributed by atoms with Gasteiger partial charge in [-0.3, -0.25) is 0 Å². The molecule has 2 atom stereocenters. The van der Waals surface area contributed by atoms with E-state index in [1.54, 1.807) is 0 Å². The first kappa shape index (κ1) is 7.62. The Labute approximate surface area is 66.3 Å². The number of alkyl halides is 4. The van der Waals surface area contributed by atoms with Crippen molar-refractivity contribution in [3.05, 3.63) is 0 Å². The van der Waals surface area contributed by atoms with E-state index >= 15 is 0 Å². The third-order valence-corrected chi connectivity index (χ3v) is 3.51. The largest absolute Gasteiger partial charge is 0.233 e. The summed E-state index contributed by atoms with van der Waals surface area (Å²) in [6, 6.07) is 0. The summed E-state index contributed by atoms with van der Waals surface area (Å²) >= 11 is 7.65. The van der Waals surface area contributed by atoms with Crippen molar-refractivity contribution >= 4 is 54.5 Å². The Hall–Kier alpha value is 1.62. The second-order valence-corrected chi connectivity index (χ2v) is 5.58. The van der Waals surface area contributed by atoms with Crippen LogP contribution >= 0.6 is 54.5 Å². The van der Waals surface area contributed by atoms with E-state index in [1.807, 2.05) is 22.6 Å². The van der Waals surface area contributed by atoms with Gasteiger partial charge in [-0.2, -0.15) is 0 Å². The molecule has 0 aromatic carbocycles. The molecule has 0 heterocycles. The van der Waals surface area contributed by atoms with Crippen LogP contribution in [0.2, 0.25) is 0 Å². The van der Waals surface area contributed by atoms with Gasteiger partial charge in [-0.25, -0.2) is 4.39 Å². The van der Waals surface area contributed by atoms with Gasteiger partial charge < -0.3 is 0 Å². The summed E-state index contributed by atoms with van der Waals surface area (Å²) in [5, 5.41) is -0.932. The highest BCUT2D eigenvalue weighted by Crippen LogP contribution is 2.20. The van der Waals surface area contributed by atoms with Crippen molar-refractivity contribution < 1.29 is 4.39 Å². The van der Waals surface area contributed by atoms with E-state index in [0.29, 0.717) is 0 Å². The van der Waals surface area contributed by atoms with E-state index in [4.69, 9.17) is 0 Å². The molecular weight excluding hydrogens is 328 g/mol. The molecule has 38 valence electrons. The summed E-state index contributed by atoms with van der Waals surface area (Å²) in [7, 11) is 0. The van der Waals surface area contributed by atoms with Gasteiger partial charge in [0.25, 0.3) is 0 Å². The normalized spacial score (nSPS) is 20.0. The molecule has 0 radical (unpaired) electrons. The molecule has 0 spiro atoms. The average Bonchev–Trinajstić information content (AvgIpc) is 1.36. The highest BCUT2D eigenvalue weighted by Gasteiger charge is 2.07. The van der Waals surface area contributed by atoms with Crippen LogP contribution in [0.3, 0.4) is 0 Å². The Morgan fingerprint density at radius 1 is 1.50 bits per heavy atom. The third-order valence-electron chi connectivity index (χ3n) is 0.190. The van der Waals surface area contributed by atoms with Gasteiger partial charge in [0, 0.05) is 0 Å². The molecule has 0 unspecified atom stereocenters. The fraction of sp³-hybridized carbons (Fsp3) is 1.00. The molecule has 0 aromatic rings. The van der Waals surface area contributed by atoms with Crippen LogP contribution in [0.1, 0.15) is 0 Å². The van der Waals surface area contributed by atoms with Crippen LogP contribution in [-0.4, -0.2) is 7.91 Å². The lowest BCUT2D eigenvalue weighted by molar-refractivity contribution is 0.495. The van der Waals surface area contributed by atoms with E-state index in [0.717, 1.165) is 0 Å². The van der Waals surface area contributed by atoms with E-state index < -0.39 is 5.08 Å². The summed E-state index contributed by atoms with van der Waals surface area (Å²) < 4.78 is 11.6. The molecule has 0 fully saturated rings. The lowest BCUT2D eigenvalue weighted by Crippen LogP contribution is -1.95. The first-order chi connectivity index (χ1) is 2.64. The molecule has 0 nitrogen and oxygen atoms in total. The van der Waals surface area contributed by atoms with Crippen LogP contribution in [0, 0.1) is 0 Å². The lowest BCUT2D eigenvalue weighted by Gasteiger charge is -1.95. The maximum absolute atomic E-state index is 11.7. The Bertz CT molecular complexity index is 32.5. The Morgan fingerprint density at radius 2 is 1.67 bits per heavy atom. The molecule has 0 amide bonds. The quantitative estimate of drug-likeness (QED) is 0.512. The predicted octanol–water partition coefficient (Wildman–Crippen LogP) is 2.83. The van der Waals surface area contributed by atoms with Crippen LogP contribution < -0.4 is 0 Å². The zero-order valence-electron chi connectivity index (χ0n) is 2.67. The van der Waals surface area contributed by atoms with Gasteiger partial charge in [-0.05, 0) is 15.9 Å². The smallest absolute Gasteiger partial charge is 0.176 e. The van der Waals surface area contributed by atoms with Gasteiger partial charge in [0.15, 0.2) is 5.08 Å². The lowest BCUT2D eigenvalue weighted by atomic mass is 10.9. The maximum atomic E-state index is 11.7. The van der Waals surface area contributed by atoms with Crippen molar-refractivity contribution in [2.75, 3.05) is 0 Å². The summed E-state index contributed by atoms with van der Waals surface area (Å²) in [6.07, 6.45) is 0. The second kappa shape index (κ2) is 3.60. The van der Waals surface area contributed by atoms with E-state index in [1.165, 1.54) is 0 Å². The van der Waals surface area contributed by atoms with Crippen molar-refractivity contribution in [1.82, 2.24) is 0 Å².